The van der Waals surface area contributed by atoms with Gasteiger partial charge in [0.1, 0.15) is 5.82 Å². The third kappa shape index (κ3) is 4.33. The van der Waals surface area contributed by atoms with Crippen LogP contribution >= 0.6 is 0 Å². The standard InChI is InChI=1S/C16H19F3N4O/c1-9-5-11(3)20-14(6-9)21-15(24)10(2)8-23-12(4)7-13(22-23)16(17,18)19/h5-7,10H,8H2,1-4H3,(H,20,21,24)/t10-/m1/s1. The number of carbonyl (C=O) groups is 1. The van der Waals surface area contributed by atoms with Crippen LogP contribution in [0, 0.1) is 26.7 Å². The van der Waals surface area contributed by atoms with Crippen molar-refractivity contribution in [1.82, 2.24) is 14.8 Å². The van der Waals surface area contributed by atoms with Gasteiger partial charge in [0.2, 0.25) is 5.91 Å². The van der Waals surface area contributed by atoms with Gasteiger partial charge in [0.15, 0.2) is 5.69 Å². The zero-order chi connectivity index (χ0) is 18.1. The molecule has 1 N–H and O–H groups in total. The lowest BCUT2D eigenvalue weighted by molar-refractivity contribution is -0.141. The number of amides is 1. The fourth-order valence-corrected chi connectivity index (χ4v) is 2.33. The van der Waals surface area contributed by atoms with Crippen LogP contribution in [0.4, 0.5) is 19.0 Å². The highest BCUT2D eigenvalue weighted by atomic mass is 19.4. The molecule has 0 bridgehead atoms. The summed E-state index contributed by atoms with van der Waals surface area (Å²) in [6, 6.07) is 4.58. The molecule has 0 aliphatic carbocycles. The minimum Gasteiger partial charge on any atom is -0.310 e. The molecule has 0 saturated heterocycles. The highest BCUT2D eigenvalue weighted by Crippen LogP contribution is 2.28. The Hall–Kier alpha value is -2.38. The Kier molecular flexibility index (Phi) is 4.96. The van der Waals surface area contributed by atoms with Crippen molar-refractivity contribution in [3.05, 3.63) is 40.8 Å². The van der Waals surface area contributed by atoms with E-state index in [1.165, 1.54) is 11.6 Å². The van der Waals surface area contributed by atoms with E-state index in [0.717, 1.165) is 17.3 Å². The molecule has 2 aromatic heterocycles. The second-order valence-corrected chi connectivity index (χ2v) is 5.91. The van der Waals surface area contributed by atoms with E-state index in [1.807, 2.05) is 19.9 Å². The fourth-order valence-electron chi connectivity index (χ4n) is 2.33. The van der Waals surface area contributed by atoms with Gasteiger partial charge in [-0.1, -0.05) is 6.92 Å². The van der Waals surface area contributed by atoms with Crippen molar-refractivity contribution in [1.29, 1.82) is 0 Å². The third-order valence-corrected chi connectivity index (χ3v) is 3.52. The first kappa shape index (κ1) is 18.0. The van der Waals surface area contributed by atoms with Crippen LogP contribution in [0.25, 0.3) is 0 Å². The average Bonchev–Trinajstić information content (AvgIpc) is 2.79. The first-order valence-electron chi connectivity index (χ1n) is 7.44. The molecule has 0 fully saturated rings. The van der Waals surface area contributed by atoms with Crippen LogP contribution in [0.15, 0.2) is 18.2 Å². The number of halogens is 3. The van der Waals surface area contributed by atoms with Crippen LogP contribution in [0.1, 0.15) is 29.6 Å². The van der Waals surface area contributed by atoms with Gasteiger partial charge in [-0.15, -0.1) is 0 Å². The molecule has 0 saturated carbocycles. The van der Waals surface area contributed by atoms with E-state index in [-0.39, 0.29) is 12.5 Å². The molecule has 8 heteroatoms. The van der Waals surface area contributed by atoms with Crippen LogP contribution in [-0.4, -0.2) is 20.7 Å². The van der Waals surface area contributed by atoms with Gasteiger partial charge in [-0.05, 0) is 44.5 Å². The number of carbonyl (C=O) groups excluding carboxylic acids is 1. The second-order valence-electron chi connectivity index (χ2n) is 5.91. The number of rotatable bonds is 4. The largest absolute Gasteiger partial charge is 0.435 e. The summed E-state index contributed by atoms with van der Waals surface area (Å²) in [5, 5.41) is 6.22. The quantitative estimate of drug-likeness (QED) is 0.927. The van der Waals surface area contributed by atoms with Gasteiger partial charge in [-0.2, -0.15) is 18.3 Å². The molecule has 2 heterocycles. The van der Waals surface area contributed by atoms with Crippen molar-refractivity contribution in [3.63, 3.8) is 0 Å². The predicted octanol–water partition coefficient (Wildman–Crippen LogP) is 3.50. The molecule has 2 rings (SSSR count). The number of hydrogen-bond acceptors (Lipinski definition) is 3. The SMILES string of the molecule is Cc1cc(C)nc(NC(=O)[C@H](C)Cn2nc(C(F)(F)F)cc2C)c1. The van der Waals surface area contributed by atoms with Crippen LogP contribution in [0.5, 0.6) is 0 Å². The van der Waals surface area contributed by atoms with E-state index >= 15 is 0 Å². The van der Waals surface area contributed by atoms with Gasteiger partial charge in [0, 0.05) is 11.4 Å². The summed E-state index contributed by atoms with van der Waals surface area (Å²) in [5.74, 6) is -0.458. The number of hydrogen-bond donors (Lipinski definition) is 1. The molecule has 0 radical (unpaired) electrons. The smallest absolute Gasteiger partial charge is 0.310 e. The maximum Gasteiger partial charge on any atom is 0.435 e. The van der Waals surface area contributed by atoms with Gasteiger partial charge in [-0.25, -0.2) is 4.98 Å². The van der Waals surface area contributed by atoms with E-state index in [2.05, 4.69) is 15.4 Å². The van der Waals surface area contributed by atoms with Gasteiger partial charge in [0.05, 0.1) is 12.5 Å². The Balaban J connectivity index is 2.08. The molecule has 1 amide bonds. The van der Waals surface area contributed by atoms with Crippen LogP contribution in [0.3, 0.4) is 0 Å². The molecule has 0 aliphatic rings. The average molecular weight is 340 g/mol. The fraction of sp³-hybridized carbons (Fsp3) is 0.438. The van der Waals surface area contributed by atoms with Gasteiger partial charge in [-0.3, -0.25) is 9.48 Å². The maximum atomic E-state index is 12.7. The number of aromatic nitrogens is 3. The Bertz CT molecular complexity index is 732. The Morgan fingerprint density at radius 3 is 2.46 bits per heavy atom. The minimum atomic E-state index is -4.50. The van der Waals surface area contributed by atoms with Crippen molar-refractivity contribution in [2.24, 2.45) is 5.92 Å². The lowest BCUT2D eigenvalue weighted by atomic mass is 10.1. The van der Waals surface area contributed by atoms with Crippen LogP contribution in [0.2, 0.25) is 0 Å². The van der Waals surface area contributed by atoms with E-state index in [0.29, 0.717) is 11.5 Å². The second kappa shape index (κ2) is 6.62. The molecule has 5 nitrogen and oxygen atoms in total. The Labute approximate surface area is 137 Å². The summed E-state index contributed by atoms with van der Waals surface area (Å²) in [6.07, 6.45) is -4.50. The minimum absolute atomic E-state index is 0.0541. The van der Waals surface area contributed by atoms with Crippen molar-refractivity contribution in [2.45, 2.75) is 40.4 Å². The third-order valence-electron chi connectivity index (χ3n) is 3.52. The van der Waals surface area contributed by atoms with Gasteiger partial charge in [0.25, 0.3) is 0 Å². The summed E-state index contributed by atoms with van der Waals surface area (Å²) >= 11 is 0. The summed E-state index contributed by atoms with van der Waals surface area (Å²) in [6.45, 7) is 6.92. The predicted molar refractivity (Wildman–Crippen MR) is 83.5 cm³/mol. The monoisotopic (exact) mass is 340 g/mol. The number of nitrogens with one attached hydrogen (secondary N) is 1. The van der Waals surface area contributed by atoms with E-state index < -0.39 is 17.8 Å². The molecule has 0 unspecified atom stereocenters. The zero-order valence-corrected chi connectivity index (χ0v) is 13.9. The zero-order valence-electron chi connectivity index (χ0n) is 13.9. The Morgan fingerprint density at radius 2 is 1.92 bits per heavy atom. The number of nitrogens with zero attached hydrogens (tertiary/aromatic N) is 3. The molecule has 24 heavy (non-hydrogen) atoms. The molecular weight excluding hydrogens is 321 g/mol. The first-order chi connectivity index (χ1) is 11.1. The summed E-state index contributed by atoms with van der Waals surface area (Å²) in [7, 11) is 0. The summed E-state index contributed by atoms with van der Waals surface area (Å²) in [4.78, 5) is 16.5. The maximum absolute atomic E-state index is 12.7. The highest BCUT2D eigenvalue weighted by Gasteiger charge is 2.34. The van der Waals surface area contributed by atoms with Crippen molar-refractivity contribution < 1.29 is 18.0 Å². The molecule has 2 aromatic rings. The van der Waals surface area contributed by atoms with Crippen molar-refractivity contribution >= 4 is 11.7 Å². The van der Waals surface area contributed by atoms with Gasteiger partial charge < -0.3 is 5.32 Å². The van der Waals surface area contributed by atoms with Gasteiger partial charge >= 0.3 is 6.18 Å². The summed E-state index contributed by atoms with van der Waals surface area (Å²) < 4.78 is 39.2. The number of pyridine rings is 1. The normalized spacial score (nSPS) is 13.0. The lowest BCUT2D eigenvalue weighted by Crippen LogP contribution is -2.26. The van der Waals surface area contributed by atoms with Crippen molar-refractivity contribution in [3.8, 4) is 0 Å². The molecule has 1 atom stereocenters. The molecule has 0 spiro atoms. The highest BCUT2D eigenvalue weighted by molar-refractivity contribution is 5.91. The summed E-state index contributed by atoms with van der Waals surface area (Å²) in [5.41, 5.74) is 1.13. The van der Waals surface area contributed by atoms with Crippen LogP contribution in [-0.2, 0) is 17.5 Å². The number of aryl methyl sites for hydroxylation is 3. The van der Waals surface area contributed by atoms with E-state index in [9.17, 15) is 18.0 Å². The molecule has 0 aliphatic heterocycles. The van der Waals surface area contributed by atoms with E-state index in [4.69, 9.17) is 0 Å². The number of alkyl halides is 3. The van der Waals surface area contributed by atoms with Crippen LogP contribution < -0.4 is 5.32 Å². The molecular formula is C16H19F3N4O. The number of anilines is 1. The Morgan fingerprint density at radius 1 is 1.25 bits per heavy atom. The van der Waals surface area contributed by atoms with E-state index in [1.54, 1.807) is 13.0 Å². The lowest BCUT2D eigenvalue weighted by Gasteiger charge is -2.13. The first-order valence-corrected chi connectivity index (χ1v) is 7.44. The molecule has 130 valence electrons. The molecule has 0 aromatic carbocycles. The van der Waals surface area contributed by atoms with Crippen molar-refractivity contribution in [2.75, 3.05) is 5.32 Å². The topological polar surface area (TPSA) is 59.8 Å².